The Hall–Kier alpha value is -2.50. The molecule has 9 nitrogen and oxygen atoms in total. The first kappa shape index (κ1) is 27.7. The third kappa shape index (κ3) is 8.37. The minimum atomic E-state index is -3.59. The number of ether oxygens (including phenoxy) is 2. The maximum absolute atomic E-state index is 13.3. The minimum Gasteiger partial charge on any atom is -0.444 e. The van der Waals surface area contributed by atoms with E-state index in [0.717, 1.165) is 6.26 Å². The van der Waals surface area contributed by atoms with Gasteiger partial charge in [-0.15, -0.1) is 0 Å². The molecule has 2 aromatic rings. The van der Waals surface area contributed by atoms with Crippen LogP contribution in [0.15, 0.2) is 34.9 Å². The second kappa shape index (κ2) is 10.8. The zero-order valence-corrected chi connectivity index (χ0v) is 21.4. The average Bonchev–Trinajstić information content (AvgIpc) is 3.19. The molecule has 0 aliphatic heterocycles. The van der Waals surface area contributed by atoms with Crippen LogP contribution < -0.4 is 0 Å². The van der Waals surface area contributed by atoms with Gasteiger partial charge in [-0.25, -0.2) is 4.79 Å². The maximum Gasteiger partial charge on any atom is 0.412 e. The van der Waals surface area contributed by atoms with Crippen molar-refractivity contribution < 1.29 is 35.8 Å². The number of carbonyl (C=O) groups excluding carboxylic acids is 1. The van der Waals surface area contributed by atoms with E-state index in [0.29, 0.717) is 22.6 Å². The summed E-state index contributed by atoms with van der Waals surface area (Å²) in [5.41, 5.74) is 0.00109. The number of hydrogen-bond donors (Lipinski definition) is 0. The molecule has 0 spiro atoms. The van der Waals surface area contributed by atoms with Crippen LogP contribution in [-0.2, 0) is 30.4 Å². The van der Waals surface area contributed by atoms with E-state index in [2.05, 4.69) is 5.16 Å². The lowest BCUT2D eigenvalue weighted by molar-refractivity contribution is -0.155. The van der Waals surface area contributed by atoms with Crippen molar-refractivity contribution in [3.63, 3.8) is 0 Å². The third-order valence-corrected chi connectivity index (χ3v) is 5.37. The molecule has 1 atom stereocenters. The van der Waals surface area contributed by atoms with Crippen LogP contribution in [0.25, 0.3) is 11.3 Å². The topological polar surface area (TPSA) is 108 Å². The first-order valence-electron chi connectivity index (χ1n) is 10.7. The molecule has 1 heterocycles. The van der Waals surface area contributed by atoms with E-state index in [9.17, 15) is 17.6 Å². The van der Waals surface area contributed by atoms with Crippen molar-refractivity contribution in [2.24, 2.45) is 0 Å². The number of aromatic nitrogens is 1. The van der Waals surface area contributed by atoms with Crippen molar-refractivity contribution in [1.29, 1.82) is 0 Å². The lowest BCUT2D eigenvalue weighted by Crippen LogP contribution is -2.49. The largest absolute Gasteiger partial charge is 0.444 e. The monoisotopic (exact) mass is 500 g/mol. The fourth-order valence-corrected chi connectivity index (χ4v) is 3.25. The maximum atomic E-state index is 13.3. The van der Waals surface area contributed by atoms with E-state index in [4.69, 9.17) is 18.2 Å². The van der Waals surface area contributed by atoms with Crippen LogP contribution >= 0.6 is 0 Å². The van der Waals surface area contributed by atoms with Crippen molar-refractivity contribution >= 4 is 16.2 Å². The van der Waals surface area contributed by atoms with Gasteiger partial charge in [0.2, 0.25) is 0 Å². The molecule has 1 aromatic heterocycles. The normalized spacial score (nSPS) is 13.5. The van der Waals surface area contributed by atoms with Crippen LogP contribution in [0, 0.1) is 0 Å². The highest BCUT2D eigenvalue weighted by Gasteiger charge is 2.34. The summed E-state index contributed by atoms with van der Waals surface area (Å²) in [6.07, 6.45) is -0.115. The summed E-state index contributed by atoms with van der Waals surface area (Å²) in [5, 5.41) is 3.80. The Morgan fingerprint density at radius 1 is 1.18 bits per heavy atom. The number of amides is 1. The van der Waals surface area contributed by atoms with Crippen molar-refractivity contribution in [3.8, 4) is 11.3 Å². The van der Waals surface area contributed by atoms with Crippen molar-refractivity contribution in [3.05, 3.63) is 41.6 Å². The Balaban J connectivity index is 2.14. The van der Waals surface area contributed by atoms with Crippen LogP contribution in [0.5, 0.6) is 0 Å². The van der Waals surface area contributed by atoms with Crippen molar-refractivity contribution in [1.82, 2.24) is 10.1 Å². The Labute approximate surface area is 200 Å². The van der Waals surface area contributed by atoms with Gasteiger partial charge >= 0.3 is 6.09 Å². The summed E-state index contributed by atoms with van der Waals surface area (Å²) in [7, 11) is -2.02. The van der Waals surface area contributed by atoms with Gasteiger partial charge in [0.25, 0.3) is 10.1 Å². The molecule has 0 saturated carbocycles. The molecule has 0 bridgehead atoms. The smallest absolute Gasteiger partial charge is 0.412 e. The standard InChI is InChI=1S/C23H33FN2O7S/c1-22(2,3)32-21(27)26(6)23(4,5)31-19(12-13-24)16-8-10-17(11-9-16)20-14-18(25-33-20)15-30-34(7,28)29/h8-11,14,19H,12-13,15H2,1-7H3. The molecule has 0 aliphatic carbocycles. The minimum absolute atomic E-state index is 0.0974. The third-order valence-electron chi connectivity index (χ3n) is 4.82. The van der Waals surface area contributed by atoms with Gasteiger partial charge in [-0.3, -0.25) is 13.5 Å². The first-order valence-corrected chi connectivity index (χ1v) is 12.5. The second-order valence-electron chi connectivity index (χ2n) is 9.34. The van der Waals surface area contributed by atoms with Crippen molar-refractivity contribution in [2.75, 3.05) is 20.0 Å². The number of hydrogen-bond acceptors (Lipinski definition) is 8. The van der Waals surface area contributed by atoms with Gasteiger partial charge in [0.15, 0.2) is 5.76 Å². The molecule has 11 heteroatoms. The molecule has 1 unspecified atom stereocenters. The summed E-state index contributed by atoms with van der Waals surface area (Å²) in [6.45, 7) is 7.91. The molecule has 0 aliphatic rings. The van der Waals surface area contributed by atoms with E-state index >= 15 is 0 Å². The van der Waals surface area contributed by atoms with Gasteiger partial charge in [-0.1, -0.05) is 29.4 Å². The van der Waals surface area contributed by atoms with Gasteiger partial charge in [0.1, 0.15) is 23.6 Å². The second-order valence-corrected chi connectivity index (χ2v) is 11.0. The van der Waals surface area contributed by atoms with Crippen molar-refractivity contribution in [2.45, 2.75) is 65.1 Å². The predicted octanol–water partition coefficient (Wildman–Crippen LogP) is 4.84. The summed E-state index contributed by atoms with van der Waals surface area (Å²) < 4.78 is 57.1. The highest BCUT2D eigenvalue weighted by atomic mass is 32.2. The number of halogens is 1. The fourth-order valence-electron chi connectivity index (χ4n) is 2.92. The van der Waals surface area contributed by atoms with Crippen LogP contribution in [0.1, 0.15) is 58.4 Å². The quantitative estimate of drug-likeness (QED) is 0.337. The van der Waals surface area contributed by atoms with Crippen LogP contribution in [0.2, 0.25) is 0 Å². The zero-order chi connectivity index (χ0) is 25.7. The Kier molecular flexibility index (Phi) is 8.84. The Morgan fingerprint density at radius 3 is 2.32 bits per heavy atom. The molecule has 0 radical (unpaired) electrons. The molecule has 1 amide bonds. The van der Waals surface area contributed by atoms with E-state index in [1.807, 2.05) is 0 Å². The van der Waals surface area contributed by atoms with Crippen LogP contribution in [0.3, 0.4) is 0 Å². The number of benzene rings is 1. The summed E-state index contributed by atoms with van der Waals surface area (Å²) in [6, 6.07) is 8.64. The first-order chi connectivity index (χ1) is 15.6. The van der Waals surface area contributed by atoms with E-state index in [-0.39, 0.29) is 13.0 Å². The van der Waals surface area contributed by atoms with E-state index in [1.54, 1.807) is 72.0 Å². The summed E-state index contributed by atoms with van der Waals surface area (Å²) >= 11 is 0. The summed E-state index contributed by atoms with van der Waals surface area (Å²) in [4.78, 5) is 13.8. The van der Waals surface area contributed by atoms with Gasteiger partial charge in [-0.05, 0) is 40.2 Å². The molecule has 2 rings (SSSR count). The van der Waals surface area contributed by atoms with Crippen LogP contribution in [0.4, 0.5) is 9.18 Å². The molecule has 0 fully saturated rings. The van der Waals surface area contributed by atoms with Crippen LogP contribution in [-0.4, -0.2) is 55.9 Å². The van der Waals surface area contributed by atoms with E-state index < -0.39 is 40.3 Å². The Bertz CT molecular complexity index is 1060. The number of alkyl halides is 1. The molecular formula is C23H33FN2O7S. The molecule has 0 saturated heterocycles. The van der Waals surface area contributed by atoms with Gasteiger partial charge < -0.3 is 14.0 Å². The highest BCUT2D eigenvalue weighted by molar-refractivity contribution is 7.85. The highest BCUT2D eigenvalue weighted by Crippen LogP contribution is 2.31. The van der Waals surface area contributed by atoms with Gasteiger partial charge in [0, 0.05) is 25.1 Å². The average molecular weight is 501 g/mol. The lowest BCUT2D eigenvalue weighted by Gasteiger charge is -2.39. The predicted molar refractivity (Wildman–Crippen MR) is 124 cm³/mol. The molecule has 190 valence electrons. The SMILES string of the molecule is CN(C(=O)OC(C)(C)C)C(C)(C)OC(CCF)c1ccc(-c2cc(COS(C)(=O)=O)no2)cc1. The summed E-state index contributed by atoms with van der Waals surface area (Å²) in [5.74, 6) is 0.423. The zero-order valence-electron chi connectivity index (χ0n) is 20.6. The number of rotatable bonds is 10. The Morgan fingerprint density at radius 2 is 1.79 bits per heavy atom. The number of nitrogens with zero attached hydrogens (tertiary/aromatic N) is 2. The van der Waals surface area contributed by atoms with Gasteiger partial charge in [-0.2, -0.15) is 8.42 Å². The molecular weight excluding hydrogens is 467 g/mol. The lowest BCUT2D eigenvalue weighted by atomic mass is 10.0. The number of carbonyl (C=O) groups is 1. The van der Waals surface area contributed by atoms with E-state index in [1.165, 1.54) is 4.90 Å². The van der Waals surface area contributed by atoms with Gasteiger partial charge in [0.05, 0.1) is 19.0 Å². The molecule has 1 aromatic carbocycles. The molecule has 0 N–H and O–H groups in total. The fraction of sp³-hybridized carbons (Fsp3) is 0.565. The molecule has 34 heavy (non-hydrogen) atoms.